The zero-order chi connectivity index (χ0) is 8.97. The van der Waals surface area contributed by atoms with E-state index < -0.39 is 5.97 Å². The third-order valence-electron chi connectivity index (χ3n) is 1.68. The van der Waals surface area contributed by atoms with E-state index in [1.807, 2.05) is 6.92 Å². The van der Waals surface area contributed by atoms with Gasteiger partial charge in [-0.25, -0.2) is 0 Å². The van der Waals surface area contributed by atoms with Gasteiger partial charge in [-0.1, -0.05) is 12.1 Å². The van der Waals surface area contributed by atoms with Crippen molar-refractivity contribution < 1.29 is 14.4 Å². The predicted octanol–water partition coefficient (Wildman–Crippen LogP) is 1.25. The molecular formula is C8H11NO3. The molecule has 66 valence electrons. The number of nitrogens with zero attached hydrogens (tertiary/aromatic N) is 1. The summed E-state index contributed by atoms with van der Waals surface area (Å²) in [5.74, 6) is -0.117. The lowest BCUT2D eigenvalue weighted by molar-refractivity contribution is -0.137. The molecule has 1 heterocycles. The summed E-state index contributed by atoms with van der Waals surface area (Å²) in [7, 11) is 0. The smallest absolute Gasteiger partial charge is 0.303 e. The van der Waals surface area contributed by atoms with Crippen LogP contribution in [-0.4, -0.2) is 16.2 Å². The van der Waals surface area contributed by atoms with Crippen LogP contribution in [0.2, 0.25) is 0 Å². The second kappa shape index (κ2) is 3.90. The number of aryl methyl sites for hydroxylation is 2. The molecule has 0 unspecified atom stereocenters. The zero-order valence-corrected chi connectivity index (χ0v) is 6.91. The molecule has 1 aromatic rings. The molecule has 0 saturated carbocycles. The van der Waals surface area contributed by atoms with Gasteiger partial charge < -0.3 is 9.63 Å². The molecule has 0 aromatic carbocycles. The fourth-order valence-electron chi connectivity index (χ4n) is 0.999. The van der Waals surface area contributed by atoms with Gasteiger partial charge in [0, 0.05) is 12.0 Å². The maximum absolute atomic E-state index is 10.2. The van der Waals surface area contributed by atoms with Gasteiger partial charge >= 0.3 is 5.97 Å². The van der Waals surface area contributed by atoms with Crippen molar-refractivity contribution in [2.45, 2.75) is 26.2 Å². The van der Waals surface area contributed by atoms with Crippen LogP contribution in [0.25, 0.3) is 0 Å². The average molecular weight is 169 g/mol. The van der Waals surface area contributed by atoms with Crippen LogP contribution in [0.1, 0.15) is 24.7 Å². The first-order chi connectivity index (χ1) is 5.74. The SMILES string of the molecule is CCc1cnoc1CCC(=O)O. The van der Waals surface area contributed by atoms with E-state index in [2.05, 4.69) is 5.16 Å². The van der Waals surface area contributed by atoms with E-state index in [1.165, 1.54) is 0 Å². The van der Waals surface area contributed by atoms with Gasteiger partial charge in [0.2, 0.25) is 0 Å². The Bertz CT molecular complexity index is 267. The van der Waals surface area contributed by atoms with Crippen molar-refractivity contribution in [1.82, 2.24) is 5.16 Å². The molecule has 1 rings (SSSR count). The minimum absolute atomic E-state index is 0.0994. The molecule has 0 aliphatic heterocycles. The van der Waals surface area contributed by atoms with Gasteiger partial charge in [0.15, 0.2) is 0 Å². The Balaban J connectivity index is 2.56. The molecule has 0 atom stereocenters. The van der Waals surface area contributed by atoms with Gasteiger partial charge in [0.05, 0.1) is 12.6 Å². The molecule has 0 aliphatic rings. The summed E-state index contributed by atoms with van der Waals surface area (Å²) in [6.45, 7) is 1.98. The highest BCUT2D eigenvalue weighted by Crippen LogP contribution is 2.10. The lowest BCUT2D eigenvalue weighted by atomic mass is 10.1. The molecule has 12 heavy (non-hydrogen) atoms. The highest BCUT2D eigenvalue weighted by molar-refractivity contribution is 5.66. The van der Waals surface area contributed by atoms with Crippen LogP contribution in [0.3, 0.4) is 0 Å². The summed E-state index contributed by atoms with van der Waals surface area (Å²) in [6, 6.07) is 0. The van der Waals surface area contributed by atoms with Crippen LogP contribution in [-0.2, 0) is 17.6 Å². The third kappa shape index (κ3) is 2.08. The minimum atomic E-state index is -0.812. The number of carboxylic acids is 1. The monoisotopic (exact) mass is 169 g/mol. The zero-order valence-electron chi connectivity index (χ0n) is 6.91. The maximum atomic E-state index is 10.2. The maximum Gasteiger partial charge on any atom is 0.303 e. The Morgan fingerprint density at radius 3 is 3.08 bits per heavy atom. The highest BCUT2D eigenvalue weighted by Gasteiger charge is 2.07. The largest absolute Gasteiger partial charge is 0.481 e. The van der Waals surface area contributed by atoms with E-state index in [4.69, 9.17) is 9.63 Å². The van der Waals surface area contributed by atoms with E-state index in [1.54, 1.807) is 6.20 Å². The topological polar surface area (TPSA) is 63.3 Å². The Morgan fingerprint density at radius 2 is 2.50 bits per heavy atom. The Labute approximate surface area is 70.2 Å². The highest BCUT2D eigenvalue weighted by atomic mass is 16.5. The molecule has 0 radical (unpaired) electrons. The van der Waals surface area contributed by atoms with E-state index in [9.17, 15) is 4.79 Å². The van der Waals surface area contributed by atoms with E-state index in [-0.39, 0.29) is 6.42 Å². The van der Waals surface area contributed by atoms with Gasteiger partial charge in [-0.15, -0.1) is 0 Å². The fraction of sp³-hybridized carbons (Fsp3) is 0.500. The molecule has 1 aromatic heterocycles. The Hall–Kier alpha value is -1.32. The summed E-state index contributed by atoms with van der Waals surface area (Å²) in [4.78, 5) is 10.2. The van der Waals surface area contributed by atoms with E-state index in [0.717, 1.165) is 12.0 Å². The average Bonchev–Trinajstić information content (AvgIpc) is 2.47. The summed E-state index contributed by atoms with van der Waals surface area (Å²) < 4.78 is 4.89. The number of carboxylic acid groups (broad SMARTS) is 1. The van der Waals surface area contributed by atoms with Gasteiger partial charge in [0.25, 0.3) is 0 Å². The van der Waals surface area contributed by atoms with Gasteiger partial charge in [-0.3, -0.25) is 4.79 Å². The molecule has 0 aliphatic carbocycles. The molecule has 0 bridgehead atoms. The molecular weight excluding hydrogens is 158 g/mol. The molecule has 1 N–H and O–H groups in total. The van der Waals surface area contributed by atoms with Gasteiger partial charge in [-0.2, -0.15) is 0 Å². The van der Waals surface area contributed by atoms with Gasteiger partial charge in [0.1, 0.15) is 5.76 Å². The summed E-state index contributed by atoms with van der Waals surface area (Å²) in [6.07, 6.45) is 3.00. The van der Waals surface area contributed by atoms with Crippen LogP contribution >= 0.6 is 0 Å². The normalized spacial score (nSPS) is 10.1. The first-order valence-electron chi connectivity index (χ1n) is 3.88. The van der Waals surface area contributed by atoms with Crippen LogP contribution in [0.4, 0.5) is 0 Å². The van der Waals surface area contributed by atoms with E-state index in [0.29, 0.717) is 12.2 Å². The fourth-order valence-corrected chi connectivity index (χ4v) is 0.999. The molecule has 0 saturated heterocycles. The van der Waals surface area contributed by atoms with Crippen molar-refractivity contribution in [3.05, 3.63) is 17.5 Å². The molecule has 0 amide bonds. The van der Waals surface area contributed by atoms with Crippen molar-refractivity contribution in [3.8, 4) is 0 Å². The van der Waals surface area contributed by atoms with Crippen LogP contribution < -0.4 is 0 Å². The minimum Gasteiger partial charge on any atom is -0.481 e. The first kappa shape index (κ1) is 8.77. The quantitative estimate of drug-likeness (QED) is 0.736. The van der Waals surface area contributed by atoms with Crippen molar-refractivity contribution in [3.63, 3.8) is 0 Å². The standard InChI is InChI=1S/C8H11NO3/c1-2-6-5-9-12-7(6)3-4-8(10)11/h5H,2-4H2,1H3,(H,10,11). The van der Waals surface area contributed by atoms with Crippen molar-refractivity contribution in [1.29, 1.82) is 0 Å². The number of carbonyl (C=O) groups is 1. The van der Waals surface area contributed by atoms with Crippen molar-refractivity contribution in [2.75, 3.05) is 0 Å². The second-order valence-electron chi connectivity index (χ2n) is 2.52. The van der Waals surface area contributed by atoms with Crippen LogP contribution in [0.5, 0.6) is 0 Å². The lowest BCUT2D eigenvalue weighted by Gasteiger charge is -1.94. The lowest BCUT2D eigenvalue weighted by Crippen LogP contribution is -1.98. The van der Waals surface area contributed by atoms with Crippen LogP contribution in [0.15, 0.2) is 10.7 Å². The third-order valence-corrected chi connectivity index (χ3v) is 1.68. The molecule has 4 nitrogen and oxygen atoms in total. The number of rotatable bonds is 4. The predicted molar refractivity (Wildman–Crippen MR) is 41.8 cm³/mol. The first-order valence-corrected chi connectivity index (χ1v) is 3.88. The van der Waals surface area contributed by atoms with Crippen molar-refractivity contribution >= 4 is 5.97 Å². The summed E-state index contributed by atoms with van der Waals surface area (Å²) >= 11 is 0. The Morgan fingerprint density at radius 1 is 1.75 bits per heavy atom. The summed E-state index contributed by atoms with van der Waals surface area (Å²) in [5.41, 5.74) is 0.997. The number of hydrogen-bond donors (Lipinski definition) is 1. The number of hydrogen-bond acceptors (Lipinski definition) is 3. The number of aromatic nitrogens is 1. The molecule has 0 spiro atoms. The van der Waals surface area contributed by atoms with Crippen molar-refractivity contribution in [2.24, 2.45) is 0 Å². The van der Waals surface area contributed by atoms with Gasteiger partial charge in [-0.05, 0) is 6.42 Å². The van der Waals surface area contributed by atoms with Crippen LogP contribution in [0, 0.1) is 0 Å². The van der Waals surface area contributed by atoms with E-state index >= 15 is 0 Å². The summed E-state index contributed by atoms with van der Waals surface area (Å²) in [5, 5.41) is 12.0. The number of aliphatic carboxylic acids is 1. The second-order valence-corrected chi connectivity index (χ2v) is 2.52. The molecule has 0 fully saturated rings. The Kier molecular flexibility index (Phi) is 2.85. The molecule has 4 heteroatoms.